The molecule has 5 heteroatoms. The van der Waals surface area contributed by atoms with Gasteiger partial charge in [0.15, 0.2) is 5.69 Å². The predicted octanol–water partition coefficient (Wildman–Crippen LogP) is 3.26. The third kappa shape index (κ3) is 2.53. The van der Waals surface area contributed by atoms with Gasteiger partial charge in [-0.15, -0.1) is 5.10 Å². The zero-order chi connectivity index (χ0) is 13.9. The molecule has 4 nitrogen and oxygen atoms in total. The molecule has 2 aromatic carbocycles. The van der Waals surface area contributed by atoms with E-state index < -0.39 is 0 Å². The highest BCUT2D eigenvalue weighted by Crippen LogP contribution is 2.13. The Morgan fingerprint density at radius 1 is 1.00 bits per heavy atom. The summed E-state index contributed by atoms with van der Waals surface area (Å²) in [5.41, 5.74) is 1.75. The lowest BCUT2D eigenvalue weighted by Crippen LogP contribution is -2.04. The molecule has 0 bridgehead atoms. The van der Waals surface area contributed by atoms with Crippen LogP contribution in [0.25, 0.3) is 5.69 Å². The molecule has 20 heavy (non-hydrogen) atoms. The molecule has 3 aromatic rings. The minimum absolute atomic E-state index is 0.131. The van der Waals surface area contributed by atoms with E-state index >= 15 is 0 Å². The molecule has 0 saturated carbocycles. The number of aromatic nitrogens is 3. The van der Waals surface area contributed by atoms with Gasteiger partial charge in [0.2, 0.25) is 5.78 Å². The topological polar surface area (TPSA) is 47.8 Å². The second kappa shape index (κ2) is 5.38. The third-order valence-electron chi connectivity index (χ3n) is 2.82. The van der Waals surface area contributed by atoms with Crippen molar-refractivity contribution in [3.8, 4) is 5.69 Å². The Bertz CT molecular complexity index is 735. The maximum absolute atomic E-state index is 12.2. The molecular weight excluding hydrogens is 318 g/mol. The van der Waals surface area contributed by atoms with E-state index in [0.717, 1.165) is 10.2 Å². The van der Waals surface area contributed by atoms with E-state index in [-0.39, 0.29) is 5.78 Å². The van der Waals surface area contributed by atoms with Gasteiger partial charge >= 0.3 is 0 Å². The number of nitrogens with zero attached hydrogens (tertiary/aromatic N) is 3. The summed E-state index contributed by atoms with van der Waals surface area (Å²) in [4.78, 5) is 13.7. The average Bonchev–Trinajstić information content (AvgIpc) is 2.98. The van der Waals surface area contributed by atoms with Crippen LogP contribution in [0.1, 0.15) is 16.1 Å². The van der Waals surface area contributed by atoms with E-state index in [0.29, 0.717) is 11.3 Å². The average molecular weight is 328 g/mol. The lowest BCUT2D eigenvalue weighted by Gasteiger charge is -1.99. The number of rotatable bonds is 3. The van der Waals surface area contributed by atoms with Gasteiger partial charge in [0.05, 0.1) is 11.9 Å². The molecule has 0 fully saturated rings. The molecule has 98 valence electrons. The second-order valence-electron chi connectivity index (χ2n) is 4.19. The van der Waals surface area contributed by atoms with E-state index in [1.54, 1.807) is 12.1 Å². The second-order valence-corrected chi connectivity index (χ2v) is 5.11. The Morgan fingerprint density at radius 2 is 1.70 bits per heavy atom. The van der Waals surface area contributed by atoms with Gasteiger partial charge < -0.3 is 0 Å². The quantitative estimate of drug-likeness (QED) is 0.694. The third-order valence-corrected chi connectivity index (χ3v) is 3.35. The molecule has 0 aliphatic carbocycles. The summed E-state index contributed by atoms with van der Waals surface area (Å²) in [5.74, 6) is -0.131. The largest absolute Gasteiger partial charge is 0.287 e. The Balaban J connectivity index is 1.91. The number of carbonyl (C=O) groups excluding carboxylic acids is 1. The van der Waals surface area contributed by atoms with Crippen molar-refractivity contribution in [2.24, 2.45) is 0 Å². The molecule has 0 aliphatic rings. The molecule has 0 aliphatic heterocycles. The Morgan fingerprint density at radius 3 is 2.40 bits per heavy atom. The monoisotopic (exact) mass is 327 g/mol. The van der Waals surface area contributed by atoms with Crippen LogP contribution in [0.2, 0.25) is 0 Å². The van der Waals surface area contributed by atoms with Gasteiger partial charge in [-0.2, -0.15) is 9.90 Å². The van der Waals surface area contributed by atoms with Crippen LogP contribution < -0.4 is 0 Å². The van der Waals surface area contributed by atoms with Crippen molar-refractivity contribution in [1.82, 2.24) is 15.0 Å². The van der Waals surface area contributed by atoms with Crippen LogP contribution >= 0.6 is 15.9 Å². The molecule has 0 unspecified atom stereocenters. The minimum Gasteiger partial charge on any atom is -0.287 e. The first kappa shape index (κ1) is 12.7. The van der Waals surface area contributed by atoms with Crippen LogP contribution in [0.15, 0.2) is 65.3 Å². The zero-order valence-electron chi connectivity index (χ0n) is 10.4. The maximum atomic E-state index is 12.2. The van der Waals surface area contributed by atoms with Crippen LogP contribution in [0.3, 0.4) is 0 Å². The number of hydrogen-bond donors (Lipinski definition) is 0. The predicted molar refractivity (Wildman–Crippen MR) is 78.9 cm³/mol. The molecule has 0 N–H and O–H groups in total. The number of benzene rings is 2. The number of halogens is 1. The number of hydrogen-bond acceptors (Lipinski definition) is 3. The van der Waals surface area contributed by atoms with Gasteiger partial charge in [-0.25, -0.2) is 0 Å². The van der Waals surface area contributed by atoms with Gasteiger partial charge in [-0.3, -0.25) is 4.79 Å². The first-order valence-corrected chi connectivity index (χ1v) is 6.81. The fraction of sp³-hybridized carbons (Fsp3) is 0. The molecule has 0 saturated heterocycles. The molecule has 1 heterocycles. The molecular formula is C15H10BrN3O. The number of ketones is 1. The highest BCUT2D eigenvalue weighted by atomic mass is 79.9. The number of carbonyl (C=O) groups is 1. The van der Waals surface area contributed by atoms with Crippen molar-refractivity contribution in [3.05, 3.63) is 76.5 Å². The van der Waals surface area contributed by atoms with Gasteiger partial charge in [0.1, 0.15) is 0 Å². The molecule has 0 atom stereocenters. The minimum atomic E-state index is -0.131. The van der Waals surface area contributed by atoms with Gasteiger partial charge in [-0.05, 0) is 24.3 Å². The van der Waals surface area contributed by atoms with Crippen LogP contribution in [0, 0.1) is 0 Å². The summed E-state index contributed by atoms with van der Waals surface area (Å²) >= 11 is 3.37. The van der Waals surface area contributed by atoms with Crippen molar-refractivity contribution < 1.29 is 4.79 Å². The molecule has 0 spiro atoms. The van der Waals surface area contributed by atoms with Crippen molar-refractivity contribution in [3.63, 3.8) is 0 Å². The summed E-state index contributed by atoms with van der Waals surface area (Å²) < 4.78 is 0.981. The lowest BCUT2D eigenvalue weighted by molar-refractivity contribution is 0.103. The summed E-state index contributed by atoms with van der Waals surface area (Å²) in [5, 5.41) is 8.36. The fourth-order valence-corrected chi connectivity index (χ4v) is 2.07. The zero-order valence-corrected chi connectivity index (χ0v) is 12.0. The summed E-state index contributed by atoms with van der Waals surface area (Å²) in [7, 11) is 0. The van der Waals surface area contributed by atoms with Crippen LogP contribution in [-0.2, 0) is 0 Å². The van der Waals surface area contributed by atoms with Crippen LogP contribution in [-0.4, -0.2) is 20.8 Å². The van der Waals surface area contributed by atoms with Crippen LogP contribution in [0.5, 0.6) is 0 Å². The van der Waals surface area contributed by atoms with E-state index in [4.69, 9.17) is 0 Å². The standard InChI is InChI=1S/C15H10BrN3O/c16-12-6-8-13(9-7-12)19-17-10-14(18-19)15(20)11-4-2-1-3-5-11/h1-10H. The fourth-order valence-electron chi connectivity index (χ4n) is 1.80. The van der Waals surface area contributed by atoms with E-state index in [1.165, 1.54) is 11.0 Å². The summed E-state index contributed by atoms with van der Waals surface area (Å²) in [6, 6.07) is 16.6. The van der Waals surface area contributed by atoms with Crippen molar-refractivity contribution in [2.75, 3.05) is 0 Å². The van der Waals surface area contributed by atoms with E-state index in [1.807, 2.05) is 42.5 Å². The highest BCUT2D eigenvalue weighted by Gasteiger charge is 2.13. The Kier molecular flexibility index (Phi) is 3.43. The Hall–Kier alpha value is -2.27. The normalized spacial score (nSPS) is 10.4. The van der Waals surface area contributed by atoms with E-state index in [2.05, 4.69) is 26.1 Å². The van der Waals surface area contributed by atoms with Crippen LogP contribution in [0.4, 0.5) is 0 Å². The summed E-state index contributed by atoms with van der Waals surface area (Å²) in [6.45, 7) is 0. The smallest absolute Gasteiger partial charge is 0.214 e. The van der Waals surface area contributed by atoms with Crippen molar-refractivity contribution >= 4 is 21.7 Å². The highest BCUT2D eigenvalue weighted by molar-refractivity contribution is 9.10. The SMILES string of the molecule is O=C(c1ccccc1)c1cnn(-c2ccc(Br)cc2)n1. The van der Waals surface area contributed by atoms with Crippen molar-refractivity contribution in [1.29, 1.82) is 0 Å². The summed E-state index contributed by atoms with van der Waals surface area (Å²) in [6.07, 6.45) is 1.48. The van der Waals surface area contributed by atoms with Crippen molar-refractivity contribution in [2.45, 2.75) is 0 Å². The molecule has 0 radical (unpaired) electrons. The maximum Gasteiger partial charge on any atom is 0.214 e. The molecule has 3 rings (SSSR count). The Labute approximate surface area is 124 Å². The van der Waals surface area contributed by atoms with E-state index in [9.17, 15) is 4.79 Å². The first-order chi connectivity index (χ1) is 9.74. The lowest BCUT2D eigenvalue weighted by atomic mass is 10.1. The van der Waals surface area contributed by atoms with Gasteiger partial charge in [-0.1, -0.05) is 46.3 Å². The van der Waals surface area contributed by atoms with Gasteiger partial charge in [0, 0.05) is 10.0 Å². The first-order valence-electron chi connectivity index (χ1n) is 6.02. The molecule has 0 amide bonds. The van der Waals surface area contributed by atoms with Gasteiger partial charge in [0.25, 0.3) is 0 Å². The molecule has 1 aromatic heterocycles.